The molecule has 0 fully saturated rings. The van der Waals surface area contributed by atoms with Gasteiger partial charge in [0.15, 0.2) is 0 Å². The first-order chi connectivity index (χ1) is 9.79. The quantitative estimate of drug-likeness (QED) is 0.790. The first-order valence-corrected chi connectivity index (χ1v) is 8.11. The zero-order valence-electron chi connectivity index (χ0n) is 13.5. The number of nitrogens with zero attached hydrogens (tertiary/aromatic N) is 1. The topological polar surface area (TPSA) is 44.4 Å². The van der Waals surface area contributed by atoms with Gasteiger partial charge in [0.2, 0.25) is 5.91 Å². The highest BCUT2D eigenvalue weighted by Gasteiger charge is 2.11. The van der Waals surface area contributed by atoms with Gasteiger partial charge >= 0.3 is 0 Å². The molecule has 0 aliphatic carbocycles. The number of hydrogen-bond donors (Lipinski definition) is 2. The van der Waals surface area contributed by atoms with Crippen LogP contribution in [0.5, 0.6) is 0 Å². The second-order valence-electron chi connectivity index (χ2n) is 5.90. The second-order valence-corrected chi connectivity index (χ2v) is 6.75. The average Bonchev–Trinajstić information content (AvgIpc) is 2.34. The smallest absolute Gasteiger partial charge is 0.239 e. The Hall–Kier alpha value is -1.07. The lowest BCUT2D eigenvalue weighted by molar-refractivity contribution is -0.120. The van der Waals surface area contributed by atoms with Gasteiger partial charge in [0.1, 0.15) is 0 Å². The van der Waals surface area contributed by atoms with Crippen LogP contribution in [0.15, 0.2) is 22.7 Å². The van der Waals surface area contributed by atoms with Crippen LogP contribution in [0.1, 0.15) is 33.3 Å². The lowest BCUT2D eigenvalue weighted by atomic mass is 10.2. The van der Waals surface area contributed by atoms with Gasteiger partial charge in [0.25, 0.3) is 0 Å². The maximum Gasteiger partial charge on any atom is 0.239 e. The molecule has 0 aliphatic heterocycles. The van der Waals surface area contributed by atoms with Crippen molar-refractivity contribution in [3.63, 3.8) is 0 Å². The zero-order valence-corrected chi connectivity index (χ0v) is 15.1. The Balaban J connectivity index is 2.68. The third kappa shape index (κ3) is 6.48. The fourth-order valence-corrected chi connectivity index (χ4v) is 2.69. The molecule has 0 atom stereocenters. The number of nitrogens with one attached hydrogen (secondary N) is 2. The lowest BCUT2D eigenvalue weighted by Crippen LogP contribution is -2.38. The molecule has 5 heteroatoms. The summed E-state index contributed by atoms with van der Waals surface area (Å²) in [6.07, 6.45) is 0. The monoisotopic (exact) mass is 355 g/mol. The Morgan fingerprint density at radius 3 is 2.43 bits per heavy atom. The van der Waals surface area contributed by atoms with Crippen LogP contribution in [0.2, 0.25) is 0 Å². The van der Waals surface area contributed by atoms with Gasteiger partial charge in [-0.2, -0.15) is 0 Å². The Morgan fingerprint density at radius 1 is 1.24 bits per heavy atom. The van der Waals surface area contributed by atoms with Crippen LogP contribution in [0.4, 0.5) is 5.69 Å². The van der Waals surface area contributed by atoms with E-state index in [0.29, 0.717) is 12.6 Å². The van der Waals surface area contributed by atoms with E-state index in [9.17, 15) is 4.79 Å². The Kier molecular flexibility index (Phi) is 7.18. The summed E-state index contributed by atoms with van der Waals surface area (Å²) in [5.74, 6) is 0.0324. The Bertz CT molecular complexity index is 475. The maximum atomic E-state index is 11.8. The summed E-state index contributed by atoms with van der Waals surface area (Å²) >= 11 is 3.59. The fraction of sp³-hybridized carbons (Fsp3) is 0.562. The molecule has 0 bridgehead atoms. The number of anilines is 1. The van der Waals surface area contributed by atoms with Crippen molar-refractivity contribution in [3.05, 3.63) is 28.2 Å². The largest absolute Gasteiger partial charge is 0.364 e. The number of halogens is 1. The summed E-state index contributed by atoms with van der Waals surface area (Å²) in [4.78, 5) is 13.8. The van der Waals surface area contributed by atoms with E-state index in [2.05, 4.69) is 52.5 Å². The SMILES string of the molecule is CC(C)NCc1ccc(N(C)CC(=O)NC(C)C)c(Br)c1. The van der Waals surface area contributed by atoms with E-state index in [4.69, 9.17) is 0 Å². The summed E-state index contributed by atoms with van der Waals surface area (Å²) in [7, 11) is 1.92. The highest BCUT2D eigenvalue weighted by atomic mass is 79.9. The van der Waals surface area contributed by atoms with Crippen LogP contribution in [0.25, 0.3) is 0 Å². The molecule has 0 aliphatic rings. The van der Waals surface area contributed by atoms with Crippen LogP contribution in [0, 0.1) is 0 Å². The number of carbonyl (C=O) groups is 1. The second kappa shape index (κ2) is 8.39. The van der Waals surface area contributed by atoms with Crippen molar-refractivity contribution < 1.29 is 4.79 Å². The molecule has 0 radical (unpaired) electrons. The van der Waals surface area contributed by atoms with Gasteiger partial charge in [-0.05, 0) is 47.5 Å². The molecule has 0 spiro atoms. The molecule has 1 aromatic carbocycles. The maximum absolute atomic E-state index is 11.8. The van der Waals surface area contributed by atoms with Crippen LogP contribution in [-0.4, -0.2) is 31.6 Å². The van der Waals surface area contributed by atoms with Crippen LogP contribution in [0.3, 0.4) is 0 Å². The Labute approximate surface area is 136 Å². The highest BCUT2D eigenvalue weighted by molar-refractivity contribution is 9.10. The molecule has 0 saturated heterocycles. The molecule has 0 aromatic heterocycles. The van der Waals surface area contributed by atoms with Gasteiger partial charge < -0.3 is 15.5 Å². The summed E-state index contributed by atoms with van der Waals surface area (Å²) in [5.41, 5.74) is 2.24. The first-order valence-electron chi connectivity index (χ1n) is 7.32. The van der Waals surface area contributed by atoms with E-state index in [1.165, 1.54) is 5.56 Å². The molecule has 4 nitrogen and oxygen atoms in total. The molecule has 0 heterocycles. The van der Waals surface area contributed by atoms with E-state index >= 15 is 0 Å². The number of carbonyl (C=O) groups excluding carboxylic acids is 1. The van der Waals surface area contributed by atoms with Crippen LogP contribution in [-0.2, 0) is 11.3 Å². The number of rotatable bonds is 7. The number of amides is 1. The minimum Gasteiger partial charge on any atom is -0.364 e. The normalized spacial score (nSPS) is 11.0. The molecule has 1 aromatic rings. The van der Waals surface area contributed by atoms with Crippen LogP contribution >= 0.6 is 15.9 Å². The van der Waals surface area contributed by atoms with Gasteiger partial charge in [0.05, 0.1) is 12.2 Å². The van der Waals surface area contributed by atoms with Crippen molar-refractivity contribution in [2.24, 2.45) is 0 Å². The van der Waals surface area contributed by atoms with Gasteiger partial charge in [-0.3, -0.25) is 4.79 Å². The van der Waals surface area contributed by atoms with Crippen molar-refractivity contribution in [2.45, 2.75) is 46.3 Å². The minimum absolute atomic E-state index is 0.0324. The summed E-state index contributed by atoms with van der Waals surface area (Å²) < 4.78 is 1.01. The fourth-order valence-electron chi connectivity index (χ4n) is 1.96. The molecule has 118 valence electrons. The van der Waals surface area contributed by atoms with Crippen molar-refractivity contribution in [2.75, 3.05) is 18.5 Å². The third-order valence-corrected chi connectivity index (χ3v) is 3.60. The predicted octanol–water partition coefficient (Wildman–Crippen LogP) is 2.91. The number of benzene rings is 1. The van der Waals surface area contributed by atoms with Gasteiger partial charge in [-0.25, -0.2) is 0 Å². The molecule has 2 N–H and O–H groups in total. The van der Waals surface area contributed by atoms with E-state index in [-0.39, 0.29) is 11.9 Å². The summed E-state index contributed by atoms with van der Waals surface area (Å²) in [5, 5.41) is 6.29. The summed E-state index contributed by atoms with van der Waals surface area (Å²) in [6.45, 7) is 9.37. The van der Waals surface area contributed by atoms with E-state index < -0.39 is 0 Å². The van der Waals surface area contributed by atoms with Gasteiger partial charge in [0, 0.05) is 30.1 Å². The van der Waals surface area contributed by atoms with Crippen LogP contribution < -0.4 is 15.5 Å². The predicted molar refractivity (Wildman–Crippen MR) is 92.7 cm³/mol. The first kappa shape index (κ1) is 18.0. The number of likely N-dealkylation sites (N-methyl/N-ethyl adjacent to an activating group) is 1. The molecule has 0 saturated carbocycles. The highest BCUT2D eigenvalue weighted by Crippen LogP contribution is 2.26. The molecular formula is C16H26BrN3O. The average molecular weight is 356 g/mol. The van der Waals surface area contributed by atoms with E-state index in [1.54, 1.807) is 0 Å². The van der Waals surface area contributed by atoms with Crippen molar-refractivity contribution in [3.8, 4) is 0 Å². The molecular weight excluding hydrogens is 330 g/mol. The Morgan fingerprint density at radius 2 is 1.90 bits per heavy atom. The van der Waals surface area contributed by atoms with E-state index in [0.717, 1.165) is 16.7 Å². The van der Waals surface area contributed by atoms with Gasteiger partial charge in [-0.15, -0.1) is 0 Å². The summed E-state index contributed by atoms with van der Waals surface area (Å²) in [6, 6.07) is 6.86. The van der Waals surface area contributed by atoms with E-state index in [1.807, 2.05) is 31.9 Å². The standard InChI is InChI=1S/C16H26BrN3O/c1-11(2)18-9-13-6-7-15(14(17)8-13)20(5)10-16(21)19-12(3)4/h6-8,11-12,18H,9-10H2,1-5H3,(H,19,21). The molecule has 1 amide bonds. The molecule has 21 heavy (non-hydrogen) atoms. The third-order valence-electron chi connectivity index (χ3n) is 2.97. The lowest BCUT2D eigenvalue weighted by Gasteiger charge is -2.21. The van der Waals surface area contributed by atoms with Gasteiger partial charge in [-0.1, -0.05) is 19.9 Å². The molecule has 0 unspecified atom stereocenters. The minimum atomic E-state index is 0.0324. The number of hydrogen-bond acceptors (Lipinski definition) is 3. The zero-order chi connectivity index (χ0) is 16.0. The van der Waals surface area contributed by atoms with Crippen molar-refractivity contribution in [1.29, 1.82) is 0 Å². The van der Waals surface area contributed by atoms with Crippen molar-refractivity contribution in [1.82, 2.24) is 10.6 Å². The van der Waals surface area contributed by atoms with Crippen molar-refractivity contribution >= 4 is 27.5 Å². The molecule has 1 rings (SSSR count).